The van der Waals surface area contributed by atoms with E-state index in [1.807, 2.05) is 17.7 Å². The monoisotopic (exact) mass is 286 g/mol. The molecule has 4 heteroatoms. The summed E-state index contributed by atoms with van der Waals surface area (Å²) < 4.78 is 5.76. The third kappa shape index (κ3) is 2.39. The normalized spacial score (nSPS) is 21.1. The van der Waals surface area contributed by atoms with E-state index < -0.39 is 5.97 Å². The largest absolute Gasteiger partial charge is 0.486 e. The first kappa shape index (κ1) is 13.1. The van der Waals surface area contributed by atoms with Crippen LogP contribution in [0.1, 0.15) is 22.8 Å². The Morgan fingerprint density at radius 3 is 2.75 bits per heavy atom. The van der Waals surface area contributed by atoms with Crippen molar-refractivity contribution in [3.63, 3.8) is 0 Å². The topological polar surface area (TPSA) is 46.5 Å². The van der Waals surface area contributed by atoms with Gasteiger partial charge in [-0.15, -0.1) is 11.8 Å². The molecule has 2 aliphatic rings. The number of allylic oxidation sites excluding steroid dienone is 3. The molecule has 0 spiro atoms. The molecule has 0 radical (unpaired) electrons. The molecule has 1 atom stereocenters. The molecule has 3 rings (SSSR count). The Bertz CT molecular complexity index is 631. The van der Waals surface area contributed by atoms with Gasteiger partial charge in [-0.25, -0.2) is 4.79 Å². The highest BCUT2D eigenvalue weighted by Crippen LogP contribution is 2.39. The summed E-state index contributed by atoms with van der Waals surface area (Å²) in [5.41, 5.74) is 2.26. The average Bonchev–Trinajstić information content (AvgIpc) is 2.46. The Labute approximate surface area is 121 Å². The fraction of sp³-hybridized carbons (Fsp3) is 0.188. The quantitative estimate of drug-likeness (QED) is 0.894. The van der Waals surface area contributed by atoms with Gasteiger partial charge in [-0.1, -0.05) is 12.2 Å². The van der Waals surface area contributed by atoms with Crippen molar-refractivity contribution in [2.75, 3.05) is 0 Å². The van der Waals surface area contributed by atoms with Crippen molar-refractivity contribution in [3.8, 4) is 5.75 Å². The molecule has 20 heavy (non-hydrogen) atoms. The second kappa shape index (κ2) is 5.21. The molecule has 0 bridgehead atoms. The first-order valence-corrected chi connectivity index (χ1v) is 7.34. The zero-order chi connectivity index (χ0) is 14.1. The predicted octanol–water partition coefficient (Wildman–Crippen LogP) is 3.94. The van der Waals surface area contributed by atoms with Gasteiger partial charge in [-0.05, 0) is 47.6 Å². The van der Waals surface area contributed by atoms with Gasteiger partial charge in [-0.2, -0.15) is 0 Å². The third-order valence-electron chi connectivity index (χ3n) is 3.35. The summed E-state index contributed by atoms with van der Waals surface area (Å²) in [5.74, 6) is 0.00137. The number of hydrogen-bond acceptors (Lipinski definition) is 3. The van der Waals surface area contributed by atoms with Gasteiger partial charge in [0, 0.05) is 11.5 Å². The molecule has 102 valence electrons. The van der Waals surface area contributed by atoms with Crippen LogP contribution < -0.4 is 4.74 Å². The Balaban J connectivity index is 2.08. The predicted molar refractivity (Wildman–Crippen MR) is 80.8 cm³/mol. The van der Waals surface area contributed by atoms with Crippen molar-refractivity contribution < 1.29 is 14.6 Å². The van der Waals surface area contributed by atoms with Crippen LogP contribution in [-0.2, 0) is 0 Å². The van der Waals surface area contributed by atoms with E-state index in [1.165, 1.54) is 0 Å². The Morgan fingerprint density at radius 1 is 1.30 bits per heavy atom. The van der Waals surface area contributed by atoms with Crippen molar-refractivity contribution in [3.05, 3.63) is 58.4 Å². The minimum atomic E-state index is -0.920. The standard InChI is InChI=1S/C16H14O3S/c1-10-8-13(11-4-6-20-7-5-11)14-9-12(16(17)18)2-3-15(14)19-10/h2-11H,1H3,(H,17,18). The highest BCUT2D eigenvalue weighted by Gasteiger charge is 2.23. The van der Waals surface area contributed by atoms with E-state index in [0.29, 0.717) is 0 Å². The van der Waals surface area contributed by atoms with E-state index in [4.69, 9.17) is 9.84 Å². The second-order valence-corrected chi connectivity index (χ2v) is 5.60. The Hall–Kier alpha value is -1.94. The van der Waals surface area contributed by atoms with Crippen molar-refractivity contribution in [2.24, 2.45) is 5.92 Å². The fourth-order valence-corrected chi connectivity index (χ4v) is 3.05. The van der Waals surface area contributed by atoms with Gasteiger partial charge >= 0.3 is 5.97 Å². The van der Waals surface area contributed by atoms with E-state index in [-0.39, 0.29) is 17.6 Å². The SMILES string of the molecule is CC1C=C(C2C=CSC=C2)c2cc(C(=O)O)ccc2O1. The molecule has 1 aromatic carbocycles. The van der Waals surface area contributed by atoms with Crippen LogP contribution in [0.3, 0.4) is 0 Å². The van der Waals surface area contributed by atoms with Gasteiger partial charge in [0.15, 0.2) is 0 Å². The lowest BCUT2D eigenvalue weighted by Gasteiger charge is -2.26. The van der Waals surface area contributed by atoms with Crippen LogP contribution in [0.15, 0.2) is 47.2 Å². The van der Waals surface area contributed by atoms with Crippen molar-refractivity contribution in [1.29, 1.82) is 0 Å². The summed E-state index contributed by atoms with van der Waals surface area (Å²) in [4.78, 5) is 11.1. The molecule has 3 nitrogen and oxygen atoms in total. The van der Waals surface area contributed by atoms with Crippen LogP contribution in [0.2, 0.25) is 0 Å². The van der Waals surface area contributed by atoms with E-state index in [2.05, 4.69) is 18.2 Å². The van der Waals surface area contributed by atoms with Crippen LogP contribution in [0, 0.1) is 5.92 Å². The molecule has 0 saturated heterocycles. The van der Waals surface area contributed by atoms with Gasteiger partial charge < -0.3 is 9.84 Å². The number of aromatic carboxylic acids is 1. The van der Waals surface area contributed by atoms with Gasteiger partial charge in [-0.3, -0.25) is 0 Å². The van der Waals surface area contributed by atoms with Gasteiger partial charge in [0.1, 0.15) is 11.9 Å². The highest BCUT2D eigenvalue weighted by atomic mass is 32.2. The van der Waals surface area contributed by atoms with Crippen molar-refractivity contribution >= 4 is 23.3 Å². The molecule has 0 amide bonds. The molecule has 2 heterocycles. The maximum Gasteiger partial charge on any atom is 0.335 e. The number of carboxylic acids is 1. The molecule has 1 unspecified atom stereocenters. The van der Waals surface area contributed by atoms with Crippen LogP contribution in [0.5, 0.6) is 5.75 Å². The third-order valence-corrected chi connectivity index (χ3v) is 3.98. The fourth-order valence-electron chi connectivity index (χ4n) is 2.44. The van der Waals surface area contributed by atoms with Gasteiger partial charge in [0.25, 0.3) is 0 Å². The maximum absolute atomic E-state index is 11.1. The average molecular weight is 286 g/mol. The molecule has 1 aromatic rings. The molecule has 0 fully saturated rings. The maximum atomic E-state index is 11.1. The molecule has 2 aliphatic heterocycles. The Kier molecular flexibility index (Phi) is 3.40. The number of carbonyl (C=O) groups is 1. The lowest BCUT2D eigenvalue weighted by atomic mass is 9.88. The molecule has 0 aromatic heterocycles. The Morgan fingerprint density at radius 2 is 2.05 bits per heavy atom. The number of fused-ring (bicyclic) bond motifs is 1. The molecular weight excluding hydrogens is 272 g/mol. The van der Waals surface area contributed by atoms with E-state index >= 15 is 0 Å². The molecule has 0 aliphatic carbocycles. The summed E-state index contributed by atoms with van der Waals surface area (Å²) >= 11 is 1.64. The van der Waals surface area contributed by atoms with Gasteiger partial charge in [0.05, 0.1) is 5.56 Å². The van der Waals surface area contributed by atoms with Crippen LogP contribution in [0.4, 0.5) is 0 Å². The zero-order valence-electron chi connectivity index (χ0n) is 10.9. The lowest BCUT2D eigenvalue weighted by molar-refractivity contribution is 0.0697. The van der Waals surface area contributed by atoms with Gasteiger partial charge in [0.2, 0.25) is 0 Å². The molecular formula is C16H14O3S. The number of carboxylic acid groups (broad SMARTS) is 1. The highest BCUT2D eigenvalue weighted by molar-refractivity contribution is 8.04. The molecule has 0 saturated carbocycles. The van der Waals surface area contributed by atoms with Crippen LogP contribution >= 0.6 is 11.8 Å². The second-order valence-electron chi connectivity index (χ2n) is 4.78. The number of rotatable bonds is 2. The van der Waals surface area contributed by atoms with Crippen LogP contribution in [-0.4, -0.2) is 17.2 Å². The number of benzene rings is 1. The number of hydrogen-bond donors (Lipinski definition) is 1. The summed E-state index contributed by atoms with van der Waals surface area (Å²) in [6, 6.07) is 5.02. The summed E-state index contributed by atoms with van der Waals surface area (Å²) in [6.45, 7) is 1.99. The van der Waals surface area contributed by atoms with E-state index in [1.54, 1.807) is 30.0 Å². The number of thioether (sulfide) groups is 1. The molecule has 1 N–H and O–H groups in total. The van der Waals surface area contributed by atoms with Crippen molar-refractivity contribution in [1.82, 2.24) is 0 Å². The summed E-state index contributed by atoms with van der Waals surface area (Å²) in [5, 5.41) is 13.2. The number of ether oxygens (including phenoxy) is 1. The van der Waals surface area contributed by atoms with Crippen molar-refractivity contribution in [2.45, 2.75) is 13.0 Å². The first-order valence-electron chi connectivity index (χ1n) is 6.40. The van der Waals surface area contributed by atoms with E-state index in [0.717, 1.165) is 16.9 Å². The van der Waals surface area contributed by atoms with E-state index in [9.17, 15) is 4.79 Å². The zero-order valence-corrected chi connectivity index (χ0v) is 11.8. The smallest absolute Gasteiger partial charge is 0.335 e. The minimum absolute atomic E-state index is 0.00967. The minimum Gasteiger partial charge on any atom is -0.486 e. The summed E-state index contributed by atoms with van der Waals surface area (Å²) in [6.07, 6.45) is 6.28. The first-order chi connectivity index (χ1) is 9.65. The lowest BCUT2D eigenvalue weighted by Crippen LogP contribution is -2.18. The van der Waals surface area contributed by atoms with Crippen LogP contribution in [0.25, 0.3) is 5.57 Å². The summed E-state index contributed by atoms with van der Waals surface area (Å²) in [7, 11) is 0.